The number of aryl methyl sites for hydroxylation is 1. The van der Waals surface area contributed by atoms with E-state index in [1.807, 2.05) is 0 Å². The van der Waals surface area contributed by atoms with Gasteiger partial charge in [0.25, 0.3) is 5.69 Å². The van der Waals surface area contributed by atoms with Gasteiger partial charge in [-0.1, -0.05) is 12.1 Å². The van der Waals surface area contributed by atoms with Gasteiger partial charge in [0, 0.05) is 17.7 Å². The van der Waals surface area contributed by atoms with Gasteiger partial charge in [0.05, 0.1) is 17.7 Å². The van der Waals surface area contributed by atoms with Gasteiger partial charge in [0.15, 0.2) is 5.82 Å². The van der Waals surface area contributed by atoms with E-state index in [-0.39, 0.29) is 22.9 Å². The van der Waals surface area contributed by atoms with E-state index < -0.39 is 10.9 Å². The van der Waals surface area contributed by atoms with Crippen molar-refractivity contribution in [1.29, 1.82) is 0 Å². The van der Waals surface area contributed by atoms with E-state index in [1.54, 1.807) is 13.0 Å². The van der Waals surface area contributed by atoms with E-state index in [1.165, 1.54) is 25.3 Å². The van der Waals surface area contributed by atoms with Crippen molar-refractivity contribution in [2.24, 2.45) is 0 Å². The number of nitrogen functional groups attached to an aromatic ring is 1. The molecule has 8 heteroatoms. The van der Waals surface area contributed by atoms with Crippen LogP contribution in [0.5, 0.6) is 0 Å². The maximum atomic E-state index is 11.6. The van der Waals surface area contributed by atoms with Crippen LogP contribution in [0.2, 0.25) is 0 Å². The topological polar surface area (TPSA) is 121 Å². The number of methoxy groups -OCH3 is 1. The molecule has 0 bridgehead atoms. The third kappa shape index (κ3) is 2.78. The molecule has 0 atom stereocenters. The minimum Gasteiger partial charge on any atom is -0.465 e. The second kappa shape index (κ2) is 5.53. The van der Waals surface area contributed by atoms with Gasteiger partial charge < -0.3 is 10.5 Å². The molecule has 0 spiro atoms. The summed E-state index contributed by atoms with van der Waals surface area (Å²) in [4.78, 5) is 30.0. The molecule has 0 fully saturated rings. The van der Waals surface area contributed by atoms with Crippen LogP contribution in [-0.2, 0) is 4.74 Å². The van der Waals surface area contributed by atoms with Crippen LogP contribution in [0.4, 0.5) is 11.5 Å². The van der Waals surface area contributed by atoms with E-state index in [9.17, 15) is 14.9 Å². The maximum Gasteiger partial charge on any atom is 0.343 e. The van der Waals surface area contributed by atoms with Crippen molar-refractivity contribution in [3.05, 3.63) is 45.6 Å². The van der Waals surface area contributed by atoms with Crippen LogP contribution in [0, 0.1) is 17.0 Å². The van der Waals surface area contributed by atoms with Crippen LogP contribution < -0.4 is 5.73 Å². The number of nitro groups is 1. The van der Waals surface area contributed by atoms with Crippen LogP contribution in [0.1, 0.15) is 16.1 Å². The average Bonchev–Trinajstić information content (AvgIpc) is 2.46. The average molecular weight is 288 g/mol. The minimum atomic E-state index is -0.629. The summed E-state index contributed by atoms with van der Waals surface area (Å²) in [6.07, 6.45) is 0. The number of anilines is 1. The van der Waals surface area contributed by atoms with Gasteiger partial charge >= 0.3 is 5.97 Å². The molecule has 21 heavy (non-hydrogen) atoms. The van der Waals surface area contributed by atoms with Gasteiger partial charge in [-0.25, -0.2) is 14.8 Å². The van der Waals surface area contributed by atoms with Gasteiger partial charge in [-0.3, -0.25) is 10.1 Å². The highest BCUT2D eigenvalue weighted by atomic mass is 16.6. The molecule has 2 aromatic rings. The number of carbonyl (C=O) groups is 1. The number of nitro benzene ring substituents is 1. The number of rotatable bonds is 3. The molecule has 0 radical (unpaired) electrons. The lowest BCUT2D eigenvalue weighted by Crippen LogP contribution is -2.12. The Hall–Kier alpha value is -3.03. The second-order valence-corrected chi connectivity index (χ2v) is 4.19. The van der Waals surface area contributed by atoms with E-state index in [4.69, 9.17) is 5.73 Å². The SMILES string of the molecule is COC(=O)c1c(C)nc(-c2cccc([N+](=O)[O-])c2)nc1N. The largest absolute Gasteiger partial charge is 0.465 e. The summed E-state index contributed by atoms with van der Waals surface area (Å²) in [6.45, 7) is 1.59. The predicted molar refractivity (Wildman–Crippen MR) is 74.6 cm³/mol. The Labute approximate surface area is 119 Å². The van der Waals surface area contributed by atoms with Crippen molar-refractivity contribution in [2.45, 2.75) is 6.92 Å². The highest BCUT2D eigenvalue weighted by Crippen LogP contribution is 2.24. The molecule has 2 rings (SSSR count). The Morgan fingerprint density at radius 3 is 2.67 bits per heavy atom. The number of carbonyl (C=O) groups excluding carboxylic acids is 1. The molecule has 1 aromatic carbocycles. The van der Waals surface area contributed by atoms with E-state index in [0.29, 0.717) is 11.3 Å². The molecule has 108 valence electrons. The highest BCUT2D eigenvalue weighted by Gasteiger charge is 2.18. The van der Waals surface area contributed by atoms with Crippen LogP contribution in [0.3, 0.4) is 0 Å². The molecule has 8 nitrogen and oxygen atoms in total. The first kappa shape index (κ1) is 14.4. The number of nitrogens with zero attached hydrogens (tertiary/aromatic N) is 3. The normalized spacial score (nSPS) is 10.2. The van der Waals surface area contributed by atoms with Crippen molar-refractivity contribution < 1.29 is 14.5 Å². The molecule has 0 saturated heterocycles. The minimum absolute atomic E-state index is 0.0316. The number of aromatic nitrogens is 2. The lowest BCUT2D eigenvalue weighted by Gasteiger charge is -2.08. The number of esters is 1. The number of hydrogen-bond donors (Lipinski definition) is 1. The molecule has 1 aromatic heterocycles. The Balaban J connectivity index is 2.54. The van der Waals surface area contributed by atoms with Crippen LogP contribution in [-0.4, -0.2) is 28.0 Å². The second-order valence-electron chi connectivity index (χ2n) is 4.19. The first-order valence-electron chi connectivity index (χ1n) is 5.91. The maximum absolute atomic E-state index is 11.6. The van der Waals surface area contributed by atoms with E-state index >= 15 is 0 Å². The Bertz CT molecular complexity index is 707. The zero-order valence-corrected chi connectivity index (χ0v) is 11.4. The summed E-state index contributed by atoms with van der Waals surface area (Å²) >= 11 is 0. The van der Waals surface area contributed by atoms with Crippen LogP contribution in [0.15, 0.2) is 24.3 Å². The third-order valence-corrected chi connectivity index (χ3v) is 2.82. The smallest absolute Gasteiger partial charge is 0.343 e. The number of non-ortho nitro benzene ring substituents is 1. The Kier molecular flexibility index (Phi) is 3.79. The van der Waals surface area contributed by atoms with Crippen LogP contribution >= 0.6 is 0 Å². The summed E-state index contributed by atoms with van der Waals surface area (Å²) in [5.74, 6) is -0.451. The summed E-state index contributed by atoms with van der Waals surface area (Å²) in [7, 11) is 1.23. The fraction of sp³-hybridized carbons (Fsp3) is 0.154. The number of ether oxygens (including phenoxy) is 1. The molecule has 2 N–H and O–H groups in total. The molecule has 1 heterocycles. The summed E-state index contributed by atoms with van der Waals surface area (Å²) in [6, 6.07) is 5.85. The Morgan fingerprint density at radius 1 is 1.38 bits per heavy atom. The van der Waals surface area contributed by atoms with Crippen LogP contribution in [0.25, 0.3) is 11.4 Å². The van der Waals surface area contributed by atoms with E-state index in [0.717, 1.165) is 0 Å². The molecule has 0 unspecified atom stereocenters. The van der Waals surface area contributed by atoms with Crippen molar-refractivity contribution >= 4 is 17.5 Å². The van der Waals surface area contributed by atoms with Crippen molar-refractivity contribution in [2.75, 3.05) is 12.8 Å². The molecule has 0 aliphatic heterocycles. The fourth-order valence-electron chi connectivity index (χ4n) is 1.84. The van der Waals surface area contributed by atoms with Gasteiger partial charge in [-0.2, -0.15) is 0 Å². The van der Waals surface area contributed by atoms with Gasteiger partial charge in [-0.05, 0) is 6.92 Å². The monoisotopic (exact) mass is 288 g/mol. The zero-order chi connectivity index (χ0) is 15.6. The standard InChI is InChI=1S/C13H12N4O4/c1-7-10(13(18)21-2)11(14)16-12(15-7)8-4-3-5-9(6-8)17(19)20/h3-6H,1-2H3,(H2,14,15,16). The lowest BCUT2D eigenvalue weighted by atomic mass is 10.1. The summed E-state index contributed by atoms with van der Waals surface area (Å²) < 4.78 is 4.61. The molecular formula is C13H12N4O4. The zero-order valence-electron chi connectivity index (χ0n) is 11.4. The predicted octanol–water partition coefficient (Wildman–Crippen LogP) is 1.73. The van der Waals surface area contributed by atoms with Crippen molar-refractivity contribution in [3.8, 4) is 11.4 Å². The molecular weight excluding hydrogens is 276 g/mol. The van der Waals surface area contributed by atoms with Crippen molar-refractivity contribution in [1.82, 2.24) is 9.97 Å². The Morgan fingerprint density at radius 2 is 2.10 bits per heavy atom. The van der Waals surface area contributed by atoms with E-state index in [2.05, 4.69) is 14.7 Å². The summed E-state index contributed by atoms with van der Waals surface area (Å²) in [5.41, 5.74) is 6.54. The number of benzene rings is 1. The lowest BCUT2D eigenvalue weighted by molar-refractivity contribution is -0.384. The fourth-order valence-corrected chi connectivity index (χ4v) is 1.84. The first-order valence-corrected chi connectivity index (χ1v) is 5.91. The summed E-state index contributed by atoms with van der Waals surface area (Å²) in [5, 5.41) is 10.8. The van der Waals surface area contributed by atoms with Gasteiger partial charge in [0.2, 0.25) is 0 Å². The first-order chi connectivity index (χ1) is 9.93. The van der Waals surface area contributed by atoms with Gasteiger partial charge in [0.1, 0.15) is 11.4 Å². The molecule has 0 aliphatic carbocycles. The highest BCUT2D eigenvalue weighted by molar-refractivity contribution is 5.95. The third-order valence-electron chi connectivity index (χ3n) is 2.82. The molecule has 0 aliphatic rings. The quantitative estimate of drug-likeness (QED) is 0.518. The number of hydrogen-bond acceptors (Lipinski definition) is 7. The number of nitrogens with two attached hydrogens (primary N) is 1. The van der Waals surface area contributed by atoms with Gasteiger partial charge in [-0.15, -0.1) is 0 Å². The molecule has 0 saturated carbocycles. The van der Waals surface area contributed by atoms with Crippen molar-refractivity contribution in [3.63, 3.8) is 0 Å². The molecule has 0 amide bonds.